The Morgan fingerprint density at radius 1 is 1.45 bits per heavy atom. The monoisotopic (exact) mass is 158 g/mol. The summed E-state index contributed by atoms with van der Waals surface area (Å²) >= 11 is 0. The molecule has 1 fully saturated rings. The summed E-state index contributed by atoms with van der Waals surface area (Å²) in [7, 11) is 0. The van der Waals surface area contributed by atoms with E-state index < -0.39 is 5.60 Å². The van der Waals surface area contributed by atoms with Gasteiger partial charge in [0.05, 0.1) is 17.8 Å². The molecular weight excluding hydrogens is 140 g/mol. The first kappa shape index (κ1) is 9.01. The molecule has 1 atom stereocenters. The summed E-state index contributed by atoms with van der Waals surface area (Å²) in [6.45, 7) is 6.72. The van der Waals surface area contributed by atoms with E-state index in [2.05, 4.69) is 6.92 Å². The van der Waals surface area contributed by atoms with Crippen LogP contribution in [0.4, 0.5) is 0 Å². The molecule has 1 unspecified atom stereocenters. The number of rotatable bonds is 2. The smallest absolute Gasteiger partial charge is 0.0952 e. The lowest BCUT2D eigenvalue weighted by atomic mass is 9.82. The molecule has 1 aliphatic heterocycles. The van der Waals surface area contributed by atoms with Crippen LogP contribution in [0, 0.1) is 0 Å². The molecule has 1 N–H and O–H groups in total. The Labute approximate surface area is 68.6 Å². The second kappa shape index (κ2) is 2.76. The first-order valence-corrected chi connectivity index (χ1v) is 4.38. The van der Waals surface area contributed by atoms with Gasteiger partial charge < -0.3 is 9.84 Å². The van der Waals surface area contributed by atoms with Gasteiger partial charge in [0.2, 0.25) is 0 Å². The average molecular weight is 158 g/mol. The van der Waals surface area contributed by atoms with Gasteiger partial charge in [0.25, 0.3) is 0 Å². The van der Waals surface area contributed by atoms with Gasteiger partial charge in [-0.05, 0) is 20.3 Å². The van der Waals surface area contributed by atoms with E-state index in [4.69, 9.17) is 4.74 Å². The van der Waals surface area contributed by atoms with Crippen LogP contribution in [0.2, 0.25) is 0 Å². The molecule has 11 heavy (non-hydrogen) atoms. The van der Waals surface area contributed by atoms with E-state index in [1.54, 1.807) is 0 Å². The van der Waals surface area contributed by atoms with Crippen molar-refractivity contribution >= 4 is 0 Å². The van der Waals surface area contributed by atoms with Crippen LogP contribution in [0.3, 0.4) is 0 Å². The molecule has 0 aromatic carbocycles. The fourth-order valence-corrected chi connectivity index (χ4v) is 1.75. The zero-order valence-corrected chi connectivity index (χ0v) is 7.68. The maximum Gasteiger partial charge on any atom is 0.0952 e. The van der Waals surface area contributed by atoms with Crippen molar-refractivity contribution in [2.45, 2.75) is 51.2 Å². The molecule has 0 bridgehead atoms. The van der Waals surface area contributed by atoms with Gasteiger partial charge in [-0.25, -0.2) is 0 Å². The van der Waals surface area contributed by atoms with Crippen molar-refractivity contribution in [1.29, 1.82) is 0 Å². The van der Waals surface area contributed by atoms with Crippen molar-refractivity contribution in [2.24, 2.45) is 0 Å². The molecule has 66 valence electrons. The molecule has 1 rings (SSSR count). The summed E-state index contributed by atoms with van der Waals surface area (Å²) < 4.78 is 5.46. The van der Waals surface area contributed by atoms with Crippen molar-refractivity contribution < 1.29 is 9.84 Å². The van der Waals surface area contributed by atoms with Gasteiger partial charge in [0.15, 0.2) is 0 Å². The van der Waals surface area contributed by atoms with E-state index in [1.807, 2.05) is 13.8 Å². The average Bonchev–Trinajstić information content (AvgIpc) is 2.09. The zero-order chi connectivity index (χ0) is 8.54. The van der Waals surface area contributed by atoms with Crippen molar-refractivity contribution in [3.8, 4) is 0 Å². The van der Waals surface area contributed by atoms with Gasteiger partial charge in [0, 0.05) is 6.42 Å². The lowest BCUT2D eigenvalue weighted by Crippen LogP contribution is -2.46. The molecule has 2 nitrogen and oxygen atoms in total. The Hall–Kier alpha value is -0.0800. The van der Waals surface area contributed by atoms with Gasteiger partial charge in [-0.2, -0.15) is 0 Å². The Morgan fingerprint density at radius 3 is 2.45 bits per heavy atom. The maximum atomic E-state index is 10.1. The minimum atomic E-state index is -0.582. The molecule has 0 saturated carbocycles. The third-order valence-corrected chi connectivity index (χ3v) is 2.76. The van der Waals surface area contributed by atoms with Gasteiger partial charge >= 0.3 is 0 Å². The number of ether oxygens (including phenoxy) is 1. The molecule has 1 heterocycles. The largest absolute Gasteiger partial charge is 0.387 e. The van der Waals surface area contributed by atoms with Crippen molar-refractivity contribution in [2.75, 3.05) is 6.61 Å². The summed E-state index contributed by atoms with van der Waals surface area (Å²) in [6.07, 6.45) is 2.65. The standard InChI is InChI=1S/C9H18O2/c1-4-5-9(10)6-7-11-8(9,2)3/h10H,4-7H2,1-3H3. The van der Waals surface area contributed by atoms with Gasteiger partial charge in [-0.3, -0.25) is 0 Å². The Bertz CT molecular complexity index is 142. The summed E-state index contributed by atoms with van der Waals surface area (Å²) in [5.74, 6) is 0. The van der Waals surface area contributed by atoms with E-state index in [0.717, 1.165) is 19.3 Å². The fourth-order valence-electron chi connectivity index (χ4n) is 1.75. The molecule has 1 aliphatic rings. The fraction of sp³-hybridized carbons (Fsp3) is 1.00. The highest BCUT2D eigenvalue weighted by Gasteiger charge is 2.47. The van der Waals surface area contributed by atoms with Crippen LogP contribution in [-0.4, -0.2) is 22.9 Å². The molecule has 0 spiro atoms. The summed E-state index contributed by atoms with van der Waals surface area (Å²) in [5, 5.41) is 10.1. The van der Waals surface area contributed by atoms with E-state index >= 15 is 0 Å². The van der Waals surface area contributed by atoms with Crippen LogP contribution in [0.5, 0.6) is 0 Å². The van der Waals surface area contributed by atoms with Crippen LogP contribution < -0.4 is 0 Å². The number of hydrogen-bond donors (Lipinski definition) is 1. The minimum Gasteiger partial charge on any atom is -0.387 e. The Kier molecular flexibility index (Phi) is 2.26. The summed E-state index contributed by atoms with van der Waals surface area (Å²) in [4.78, 5) is 0. The van der Waals surface area contributed by atoms with Crippen LogP contribution in [0.15, 0.2) is 0 Å². The Morgan fingerprint density at radius 2 is 2.09 bits per heavy atom. The van der Waals surface area contributed by atoms with Gasteiger partial charge in [-0.1, -0.05) is 13.3 Å². The van der Waals surface area contributed by atoms with Crippen LogP contribution in [0.1, 0.15) is 40.0 Å². The zero-order valence-electron chi connectivity index (χ0n) is 7.68. The number of hydrogen-bond acceptors (Lipinski definition) is 2. The lowest BCUT2D eigenvalue weighted by Gasteiger charge is -2.34. The van der Waals surface area contributed by atoms with E-state index in [1.165, 1.54) is 0 Å². The highest BCUT2D eigenvalue weighted by molar-refractivity contribution is 4.98. The highest BCUT2D eigenvalue weighted by atomic mass is 16.5. The van der Waals surface area contributed by atoms with E-state index in [0.29, 0.717) is 6.61 Å². The van der Waals surface area contributed by atoms with Crippen LogP contribution in [0.25, 0.3) is 0 Å². The third-order valence-electron chi connectivity index (χ3n) is 2.76. The first-order chi connectivity index (χ1) is 5.02. The molecule has 0 aliphatic carbocycles. The normalized spacial score (nSPS) is 36.0. The molecule has 0 amide bonds. The molecule has 0 radical (unpaired) electrons. The van der Waals surface area contributed by atoms with Gasteiger partial charge in [0.1, 0.15) is 0 Å². The predicted octanol–water partition coefficient (Wildman–Crippen LogP) is 1.72. The molecule has 0 aromatic heterocycles. The minimum absolute atomic E-state index is 0.344. The van der Waals surface area contributed by atoms with Crippen molar-refractivity contribution in [1.82, 2.24) is 0 Å². The molecule has 1 saturated heterocycles. The summed E-state index contributed by atoms with van der Waals surface area (Å²) in [6, 6.07) is 0. The van der Waals surface area contributed by atoms with Crippen molar-refractivity contribution in [3.63, 3.8) is 0 Å². The van der Waals surface area contributed by atoms with Crippen LogP contribution >= 0.6 is 0 Å². The SMILES string of the molecule is CCCC1(O)CCOC1(C)C. The topological polar surface area (TPSA) is 29.5 Å². The highest BCUT2D eigenvalue weighted by Crippen LogP contribution is 2.38. The van der Waals surface area contributed by atoms with E-state index in [-0.39, 0.29) is 5.60 Å². The molecular formula is C9H18O2. The number of aliphatic hydroxyl groups is 1. The van der Waals surface area contributed by atoms with E-state index in [9.17, 15) is 5.11 Å². The van der Waals surface area contributed by atoms with Crippen molar-refractivity contribution in [3.05, 3.63) is 0 Å². The second-order valence-corrected chi connectivity index (χ2v) is 3.89. The third kappa shape index (κ3) is 1.42. The Balaban J connectivity index is 2.68. The molecule has 0 aromatic rings. The lowest BCUT2D eigenvalue weighted by molar-refractivity contribution is -0.101. The second-order valence-electron chi connectivity index (χ2n) is 3.89. The van der Waals surface area contributed by atoms with Crippen LogP contribution in [-0.2, 0) is 4.74 Å². The first-order valence-electron chi connectivity index (χ1n) is 4.38. The van der Waals surface area contributed by atoms with Gasteiger partial charge in [-0.15, -0.1) is 0 Å². The predicted molar refractivity (Wildman–Crippen MR) is 44.5 cm³/mol. The maximum absolute atomic E-state index is 10.1. The summed E-state index contributed by atoms with van der Waals surface area (Å²) in [5.41, 5.74) is -0.926. The quantitative estimate of drug-likeness (QED) is 0.663. The molecule has 2 heteroatoms.